The Hall–Kier alpha value is -2.05. The number of hydrogen-bond donors (Lipinski definition) is 0. The minimum absolute atomic E-state index is 0.872. The Morgan fingerprint density at radius 2 is 1.18 bits per heavy atom. The van der Waals surface area contributed by atoms with E-state index in [1.165, 1.54) is 50.1 Å². The van der Waals surface area contributed by atoms with Crippen molar-refractivity contribution in [1.82, 2.24) is 0 Å². The maximum atomic E-state index is 6.68. The van der Waals surface area contributed by atoms with E-state index in [1.54, 1.807) is 0 Å². The van der Waals surface area contributed by atoms with E-state index in [1.807, 2.05) is 0 Å². The molecule has 0 atom stereocenters. The van der Waals surface area contributed by atoms with E-state index in [0.717, 1.165) is 30.7 Å². The van der Waals surface area contributed by atoms with Gasteiger partial charge in [0, 0.05) is 5.02 Å². The van der Waals surface area contributed by atoms with E-state index in [9.17, 15) is 0 Å². The van der Waals surface area contributed by atoms with Crippen LogP contribution in [0.4, 0.5) is 0 Å². The van der Waals surface area contributed by atoms with Gasteiger partial charge in [0.05, 0.1) is 0 Å². The van der Waals surface area contributed by atoms with Crippen LogP contribution in [-0.4, -0.2) is 0 Å². The molecular weight excluding hydrogens is 360 g/mol. The molecule has 0 saturated heterocycles. The third-order valence-electron chi connectivity index (χ3n) is 5.86. The van der Waals surface area contributed by atoms with Crippen LogP contribution in [0, 0.1) is 20.8 Å². The minimum atomic E-state index is 0.872. The summed E-state index contributed by atoms with van der Waals surface area (Å²) in [6.45, 7) is 11.1. The number of benzene rings is 3. The van der Waals surface area contributed by atoms with Crippen molar-refractivity contribution < 1.29 is 0 Å². The predicted molar refractivity (Wildman–Crippen MR) is 123 cm³/mol. The molecule has 0 nitrogen and oxygen atoms in total. The average Bonchev–Trinajstić information content (AvgIpc) is 2.67. The van der Waals surface area contributed by atoms with Gasteiger partial charge in [0.1, 0.15) is 0 Å². The molecule has 0 bridgehead atoms. The molecule has 0 radical (unpaired) electrons. The van der Waals surface area contributed by atoms with Crippen LogP contribution in [0.1, 0.15) is 63.9 Å². The molecule has 0 amide bonds. The van der Waals surface area contributed by atoms with Gasteiger partial charge < -0.3 is 0 Å². The van der Waals surface area contributed by atoms with Crippen molar-refractivity contribution in [3.8, 4) is 0 Å². The summed E-state index contributed by atoms with van der Waals surface area (Å²) >= 11 is 6.68. The molecule has 0 saturated carbocycles. The van der Waals surface area contributed by atoms with Crippen molar-refractivity contribution in [1.29, 1.82) is 0 Å². The maximum absolute atomic E-state index is 6.68. The molecule has 0 heterocycles. The van der Waals surface area contributed by atoms with E-state index in [0.29, 0.717) is 0 Å². The molecule has 3 aromatic rings. The first kappa shape index (κ1) is 20.7. The van der Waals surface area contributed by atoms with E-state index >= 15 is 0 Å². The van der Waals surface area contributed by atoms with Gasteiger partial charge in [-0.05, 0) is 103 Å². The standard InChI is InChI=1S/C27H31Cl/c1-6-21-8-10-24(18(3)12-21)17-25-11-9-23(16-27(25)28)15-26-19(4)13-22(7-2)14-20(26)5/h8-14,16H,6-7,15,17H2,1-5H3. The zero-order valence-corrected chi connectivity index (χ0v) is 18.6. The fourth-order valence-electron chi connectivity index (χ4n) is 4.00. The monoisotopic (exact) mass is 390 g/mol. The van der Waals surface area contributed by atoms with E-state index in [-0.39, 0.29) is 0 Å². The number of rotatable bonds is 6. The Labute approximate surface area is 175 Å². The molecule has 0 aromatic heterocycles. The fraction of sp³-hybridized carbons (Fsp3) is 0.333. The first-order chi connectivity index (χ1) is 13.4. The molecule has 0 spiro atoms. The molecule has 0 unspecified atom stereocenters. The van der Waals surface area contributed by atoms with Crippen LogP contribution in [0.25, 0.3) is 0 Å². The van der Waals surface area contributed by atoms with Crippen LogP contribution in [0.3, 0.4) is 0 Å². The summed E-state index contributed by atoms with van der Waals surface area (Å²) in [6.07, 6.45) is 3.99. The van der Waals surface area contributed by atoms with Crippen LogP contribution in [0.2, 0.25) is 5.02 Å². The molecule has 1 heteroatoms. The SMILES string of the molecule is CCc1ccc(Cc2ccc(Cc3c(C)cc(CC)cc3C)cc2Cl)c(C)c1. The van der Waals surface area contributed by atoms with Gasteiger partial charge in [0.15, 0.2) is 0 Å². The van der Waals surface area contributed by atoms with Crippen molar-refractivity contribution in [2.75, 3.05) is 0 Å². The van der Waals surface area contributed by atoms with E-state index in [4.69, 9.17) is 11.6 Å². The van der Waals surface area contributed by atoms with Gasteiger partial charge in [-0.1, -0.05) is 67.9 Å². The molecule has 3 aromatic carbocycles. The van der Waals surface area contributed by atoms with E-state index < -0.39 is 0 Å². The second-order valence-electron chi connectivity index (χ2n) is 7.96. The highest BCUT2D eigenvalue weighted by molar-refractivity contribution is 6.31. The van der Waals surface area contributed by atoms with Gasteiger partial charge >= 0.3 is 0 Å². The lowest BCUT2D eigenvalue weighted by Gasteiger charge is -2.14. The van der Waals surface area contributed by atoms with Crippen LogP contribution in [-0.2, 0) is 25.7 Å². The summed E-state index contributed by atoms with van der Waals surface area (Å²) in [6, 6.07) is 18.0. The Morgan fingerprint density at radius 1 is 0.607 bits per heavy atom. The van der Waals surface area contributed by atoms with Crippen molar-refractivity contribution in [2.24, 2.45) is 0 Å². The quantitative estimate of drug-likeness (QED) is 0.407. The fourth-order valence-corrected chi connectivity index (χ4v) is 4.27. The van der Waals surface area contributed by atoms with Crippen LogP contribution >= 0.6 is 11.6 Å². The molecule has 0 aliphatic carbocycles. The lowest BCUT2D eigenvalue weighted by molar-refractivity contribution is 1.06. The highest BCUT2D eigenvalue weighted by Crippen LogP contribution is 2.26. The Kier molecular flexibility index (Phi) is 6.62. The zero-order valence-electron chi connectivity index (χ0n) is 17.8. The van der Waals surface area contributed by atoms with Gasteiger partial charge in [0.25, 0.3) is 0 Å². The number of aryl methyl sites for hydroxylation is 5. The smallest absolute Gasteiger partial charge is 0.0444 e. The lowest BCUT2D eigenvalue weighted by Crippen LogP contribution is -1.99. The summed E-state index contributed by atoms with van der Waals surface area (Å²) in [4.78, 5) is 0. The van der Waals surface area contributed by atoms with Crippen LogP contribution < -0.4 is 0 Å². The largest absolute Gasteiger partial charge is 0.0840 e. The third-order valence-corrected chi connectivity index (χ3v) is 6.21. The maximum Gasteiger partial charge on any atom is 0.0444 e. The molecular formula is C27H31Cl. The summed E-state index contributed by atoms with van der Waals surface area (Å²) in [5.74, 6) is 0. The van der Waals surface area contributed by atoms with Crippen molar-refractivity contribution >= 4 is 11.6 Å². The van der Waals surface area contributed by atoms with Crippen LogP contribution in [0.5, 0.6) is 0 Å². The summed E-state index contributed by atoms with van der Waals surface area (Å²) in [5.41, 5.74) is 12.2. The Morgan fingerprint density at radius 3 is 1.75 bits per heavy atom. The number of hydrogen-bond acceptors (Lipinski definition) is 0. The lowest BCUT2D eigenvalue weighted by atomic mass is 9.92. The molecule has 3 rings (SSSR count). The molecule has 0 aliphatic rings. The highest BCUT2D eigenvalue weighted by atomic mass is 35.5. The second kappa shape index (κ2) is 8.97. The highest BCUT2D eigenvalue weighted by Gasteiger charge is 2.09. The van der Waals surface area contributed by atoms with Gasteiger partial charge in [-0.3, -0.25) is 0 Å². The minimum Gasteiger partial charge on any atom is -0.0840 e. The number of halogens is 1. The van der Waals surface area contributed by atoms with Gasteiger partial charge in [0.2, 0.25) is 0 Å². The van der Waals surface area contributed by atoms with Crippen molar-refractivity contribution in [3.63, 3.8) is 0 Å². The Balaban J connectivity index is 1.81. The first-order valence-corrected chi connectivity index (χ1v) is 10.7. The predicted octanol–water partition coefficient (Wildman–Crippen LogP) is 7.57. The Bertz CT molecular complexity index is 959. The van der Waals surface area contributed by atoms with Gasteiger partial charge in [-0.15, -0.1) is 0 Å². The molecule has 0 aliphatic heterocycles. The third kappa shape index (κ3) is 4.67. The molecule has 0 N–H and O–H groups in total. The zero-order chi connectivity index (χ0) is 20.3. The van der Waals surface area contributed by atoms with E-state index in [2.05, 4.69) is 83.1 Å². The van der Waals surface area contributed by atoms with Crippen molar-refractivity contribution in [3.05, 3.63) is 104 Å². The van der Waals surface area contributed by atoms with Crippen LogP contribution in [0.15, 0.2) is 48.5 Å². The van der Waals surface area contributed by atoms with Crippen molar-refractivity contribution in [2.45, 2.75) is 60.3 Å². The summed E-state index contributed by atoms with van der Waals surface area (Å²) < 4.78 is 0. The second-order valence-corrected chi connectivity index (χ2v) is 8.36. The summed E-state index contributed by atoms with van der Waals surface area (Å²) in [5, 5.41) is 0.872. The summed E-state index contributed by atoms with van der Waals surface area (Å²) in [7, 11) is 0. The molecule has 0 fully saturated rings. The average molecular weight is 391 g/mol. The topological polar surface area (TPSA) is 0 Å². The first-order valence-electron chi connectivity index (χ1n) is 10.4. The molecule has 28 heavy (non-hydrogen) atoms. The van der Waals surface area contributed by atoms with Gasteiger partial charge in [-0.2, -0.15) is 0 Å². The normalized spacial score (nSPS) is 11.1. The van der Waals surface area contributed by atoms with Gasteiger partial charge in [-0.25, -0.2) is 0 Å². The molecule has 146 valence electrons.